The predicted molar refractivity (Wildman–Crippen MR) is 47.9 cm³/mol. The van der Waals surface area contributed by atoms with Crippen LogP contribution in [-0.2, 0) is 19.2 Å². The Bertz CT molecular complexity index is 161. The number of hydrogen-bond donors (Lipinski definition) is 0. The average Bonchev–Trinajstić information content (AvgIpc) is 2.03. The maximum Gasteiger partial charge on any atom is -1.00 e. The van der Waals surface area contributed by atoms with Crippen LogP contribution < -0.4 is 24.8 Å². The molecule has 0 aromatic carbocycles. The van der Waals surface area contributed by atoms with Gasteiger partial charge in [0.05, 0.1) is 0 Å². The van der Waals surface area contributed by atoms with E-state index in [-0.39, 0.29) is 44.0 Å². The minimum Gasteiger partial charge on any atom is -1.00 e. The van der Waals surface area contributed by atoms with Crippen molar-refractivity contribution in [3.05, 3.63) is 45.2 Å². The monoisotopic (exact) mass is 252 g/mol. The van der Waals surface area contributed by atoms with E-state index in [0.29, 0.717) is 0 Å². The van der Waals surface area contributed by atoms with Crippen LogP contribution in [0.25, 0.3) is 0 Å². The molecule has 13 heavy (non-hydrogen) atoms. The Balaban J connectivity index is -0.000000500. The Morgan fingerprint density at radius 3 is 1.38 bits per heavy atom. The molecule has 0 atom stereocenters. The van der Waals surface area contributed by atoms with Gasteiger partial charge in [-0.05, 0) is 0 Å². The summed E-state index contributed by atoms with van der Waals surface area (Å²) in [5.41, 5.74) is 0. The molecule has 0 saturated carbocycles. The third-order valence-electron chi connectivity index (χ3n) is 0.992. The first-order valence-corrected chi connectivity index (χ1v) is 5.54. The SMILES string of the molecule is CC=CC=[CH][Ti+2][CH]=CC=CC.[Cl-].[Cl-]. The first kappa shape index (κ1) is 18.9. The van der Waals surface area contributed by atoms with Crippen molar-refractivity contribution < 1.29 is 44.0 Å². The van der Waals surface area contributed by atoms with E-state index in [1.165, 1.54) is 0 Å². The van der Waals surface area contributed by atoms with Crippen molar-refractivity contribution in [2.75, 3.05) is 0 Å². The molecule has 0 aromatic rings. The minimum absolute atomic E-state index is 0. The van der Waals surface area contributed by atoms with Crippen molar-refractivity contribution in [1.82, 2.24) is 0 Å². The summed E-state index contributed by atoms with van der Waals surface area (Å²) in [4.78, 5) is 0. The van der Waals surface area contributed by atoms with E-state index >= 15 is 0 Å². The zero-order chi connectivity index (χ0) is 8.36. The first-order chi connectivity index (χ1) is 5.41. The molecular formula is C10H14Cl2Ti. The van der Waals surface area contributed by atoms with Gasteiger partial charge in [-0.3, -0.25) is 0 Å². The molecule has 0 N–H and O–H groups in total. The molecule has 0 aliphatic rings. The van der Waals surface area contributed by atoms with Crippen molar-refractivity contribution in [3.8, 4) is 0 Å². The van der Waals surface area contributed by atoms with Gasteiger partial charge in [-0.2, -0.15) is 0 Å². The molecule has 0 unspecified atom stereocenters. The van der Waals surface area contributed by atoms with Gasteiger partial charge in [0, 0.05) is 0 Å². The Morgan fingerprint density at radius 1 is 0.692 bits per heavy atom. The first-order valence-electron chi connectivity index (χ1n) is 3.73. The molecule has 72 valence electrons. The fraction of sp³-hybridized carbons (Fsp3) is 0.200. The second kappa shape index (κ2) is 18.1. The second-order valence-electron chi connectivity index (χ2n) is 1.94. The van der Waals surface area contributed by atoms with Gasteiger partial charge in [-0.15, -0.1) is 0 Å². The van der Waals surface area contributed by atoms with Crippen LogP contribution in [0.15, 0.2) is 45.2 Å². The van der Waals surface area contributed by atoms with Crippen LogP contribution in [0.5, 0.6) is 0 Å². The molecule has 0 aromatic heterocycles. The molecular weight excluding hydrogens is 239 g/mol. The molecule has 3 heteroatoms. The minimum atomic E-state index is 0. The Labute approximate surface area is 103 Å². The van der Waals surface area contributed by atoms with Crippen LogP contribution in [0.3, 0.4) is 0 Å². The zero-order valence-corrected chi connectivity index (χ0v) is 10.9. The number of rotatable bonds is 4. The molecule has 0 saturated heterocycles. The van der Waals surface area contributed by atoms with Crippen LogP contribution in [0.4, 0.5) is 0 Å². The maximum absolute atomic E-state index is 2.25. The second-order valence-corrected chi connectivity index (χ2v) is 3.50. The van der Waals surface area contributed by atoms with Crippen molar-refractivity contribution in [1.29, 1.82) is 0 Å². The van der Waals surface area contributed by atoms with Crippen LogP contribution in [0.1, 0.15) is 13.8 Å². The smallest absolute Gasteiger partial charge is 1.00 e. The third kappa shape index (κ3) is 18.9. The molecule has 0 bridgehead atoms. The van der Waals surface area contributed by atoms with Gasteiger partial charge in [0.25, 0.3) is 0 Å². The number of hydrogen-bond acceptors (Lipinski definition) is 0. The van der Waals surface area contributed by atoms with Gasteiger partial charge < -0.3 is 24.8 Å². The van der Waals surface area contributed by atoms with E-state index in [4.69, 9.17) is 0 Å². The van der Waals surface area contributed by atoms with Crippen LogP contribution in [0.2, 0.25) is 0 Å². The summed E-state index contributed by atoms with van der Waals surface area (Å²) in [5.74, 6) is 0. The fourth-order valence-corrected chi connectivity index (χ4v) is 1.37. The summed E-state index contributed by atoms with van der Waals surface area (Å²) in [6.45, 7) is 4.06. The summed E-state index contributed by atoms with van der Waals surface area (Å²) >= 11 is 0.0172. The molecule has 0 rings (SSSR count). The van der Waals surface area contributed by atoms with Gasteiger partial charge >= 0.3 is 78.2 Å². The summed E-state index contributed by atoms with van der Waals surface area (Å²) in [6, 6.07) is 0. The molecule has 0 amide bonds. The number of allylic oxidation sites excluding steroid dienone is 6. The average molecular weight is 253 g/mol. The van der Waals surface area contributed by atoms with E-state index in [1.807, 2.05) is 26.0 Å². The van der Waals surface area contributed by atoms with E-state index in [2.05, 4.69) is 33.1 Å². The van der Waals surface area contributed by atoms with E-state index in [1.54, 1.807) is 0 Å². The predicted octanol–water partition coefficient (Wildman–Crippen LogP) is -2.74. The largest absolute Gasteiger partial charge is 1.00 e. The van der Waals surface area contributed by atoms with Crippen LogP contribution in [0, 0.1) is 0 Å². The van der Waals surface area contributed by atoms with Gasteiger partial charge in [0.15, 0.2) is 0 Å². The van der Waals surface area contributed by atoms with Crippen LogP contribution in [-0.4, -0.2) is 0 Å². The zero-order valence-electron chi connectivity index (χ0n) is 7.87. The van der Waals surface area contributed by atoms with Crippen molar-refractivity contribution in [3.63, 3.8) is 0 Å². The normalized spacial score (nSPS) is 10.6. The van der Waals surface area contributed by atoms with Crippen LogP contribution >= 0.6 is 0 Å². The summed E-state index contributed by atoms with van der Waals surface area (Å²) in [5, 5.41) is 0. The Morgan fingerprint density at radius 2 is 1.08 bits per heavy atom. The molecule has 0 nitrogen and oxygen atoms in total. The van der Waals surface area contributed by atoms with E-state index < -0.39 is 0 Å². The van der Waals surface area contributed by atoms with Crippen molar-refractivity contribution >= 4 is 0 Å². The summed E-state index contributed by atoms with van der Waals surface area (Å²) < 4.78 is 4.50. The van der Waals surface area contributed by atoms with Gasteiger partial charge in [-0.1, -0.05) is 0 Å². The standard InChI is InChI=1S/2C5H7.2ClH.Ti/c2*1-3-5-4-2;;;/h2*1,3-5H,2H3;2*1H;/q;;;;+2/p-2. The summed E-state index contributed by atoms with van der Waals surface area (Å²) in [7, 11) is 0. The Kier molecular flexibility index (Phi) is 26.4. The molecule has 0 radical (unpaired) electrons. The van der Waals surface area contributed by atoms with Crippen molar-refractivity contribution in [2.45, 2.75) is 13.8 Å². The molecule has 0 fully saturated rings. The number of halogens is 2. The van der Waals surface area contributed by atoms with Crippen molar-refractivity contribution in [2.24, 2.45) is 0 Å². The topological polar surface area (TPSA) is 0 Å². The molecule has 0 aliphatic carbocycles. The third-order valence-corrected chi connectivity index (χ3v) is 2.19. The fourth-order valence-electron chi connectivity index (χ4n) is 0.500. The molecule has 0 aliphatic heterocycles. The van der Waals surface area contributed by atoms with Gasteiger partial charge in [-0.25, -0.2) is 0 Å². The quantitative estimate of drug-likeness (QED) is 0.376. The van der Waals surface area contributed by atoms with E-state index in [0.717, 1.165) is 0 Å². The van der Waals surface area contributed by atoms with Gasteiger partial charge in [0.1, 0.15) is 0 Å². The van der Waals surface area contributed by atoms with Gasteiger partial charge in [0.2, 0.25) is 0 Å². The molecule has 0 spiro atoms. The maximum atomic E-state index is 2.25. The molecule has 0 heterocycles. The summed E-state index contributed by atoms with van der Waals surface area (Å²) in [6.07, 6.45) is 12.4. The Hall–Kier alpha value is 0.254. The van der Waals surface area contributed by atoms with E-state index in [9.17, 15) is 0 Å².